The van der Waals surface area contributed by atoms with Crippen LogP contribution in [0.5, 0.6) is 0 Å². The van der Waals surface area contributed by atoms with E-state index in [0.717, 1.165) is 57.8 Å². The molecule has 1 saturated heterocycles. The van der Waals surface area contributed by atoms with Crippen LogP contribution in [0.3, 0.4) is 0 Å². The molecule has 0 aromatic heterocycles. The van der Waals surface area contributed by atoms with Crippen molar-refractivity contribution in [3.8, 4) is 0 Å². The third-order valence-electron chi connectivity index (χ3n) is 4.75. The number of halogens is 1. The molecule has 2 rings (SSSR count). The summed E-state index contributed by atoms with van der Waals surface area (Å²) in [6.07, 6.45) is 4.01. The van der Waals surface area contributed by atoms with Crippen molar-refractivity contribution in [2.24, 2.45) is 10.7 Å². The highest BCUT2D eigenvalue weighted by atomic mass is 127. The highest BCUT2D eigenvalue weighted by Crippen LogP contribution is 2.10. The largest absolute Gasteiger partial charge is 0.369 e. The fourth-order valence-corrected chi connectivity index (χ4v) is 3.21. The standard InChI is InChI=1S/C20H33N5O.HI/c1-3-16-5-7-17(8-6-16)9-12-23-20(22-4-2)24-18-10-13-25(14-11-18)15-19(21)26;/h5-8,18H,3-4,9-15H2,1-2H3,(H2,21,26)(H2,22,23,24);1H. The first-order valence-corrected chi connectivity index (χ1v) is 9.74. The summed E-state index contributed by atoms with van der Waals surface area (Å²) in [6, 6.07) is 9.18. The average molecular weight is 487 g/mol. The average Bonchev–Trinajstić information content (AvgIpc) is 2.63. The van der Waals surface area contributed by atoms with Crippen LogP contribution in [0.25, 0.3) is 0 Å². The van der Waals surface area contributed by atoms with Gasteiger partial charge in [0.15, 0.2) is 5.96 Å². The number of amides is 1. The minimum atomic E-state index is -0.252. The molecule has 152 valence electrons. The molecular formula is C20H34IN5O. The Morgan fingerprint density at radius 3 is 2.37 bits per heavy atom. The van der Waals surface area contributed by atoms with E-state index < -0.39 is 0 Å². The van der Waals surface area contributed by atoms with Crippen LogP contribution in [0.2, 0.25) is 0 Å². The van der Waals surface area contributed by atoms with Crippen molar-refractivity contribution in [1.29, 1.82) is 0 Å². The van der Waals surface area contributed by atoms with Crippen LogP contribution in [0.1, 0.15) is 37.8 Å². The van der Waals surface area contributed by atoms with Crippen molar-refractivity contribution in [1.82, 2.24) is 15.5 Å². The lowest BCUT2D eigenvalue weighted by Gasteiger charge is -2.32. The normalized spacial score (nSPS) is 15.9. The Balaban J connectivity index is 0.00000364. The van der Waals surface area contributed by atoms with Crippen LogP contribution in [-0.2, 0) is 17.6 Å². The van der Waals surface area contributed by atoms with Crippen molar-refractivity contribution in [3.63, 3.8) is 0 Å². The quantitative estimate of drug-likeness (QED) is 0.297. The van der Waals surface area contributed by atoms with Crippen LogP contribution in [-0.4, -0.2) is 55.5 Å². The van der Waals surface area contributed by atoms with Crippen molar-refractivity contribution in [3.05, 3.63) is 35.4 Å². The van der Waals surface area contributed by atoms with Gasteiger partial charge in [0.05, 0.1) is 6.54 Å². The van der Waals surface area contributed by atoms with Crippen LogP contribution in [0, 0.1) is 0 Å². The Morgan fingerprint density at radius 2 is 1.81 bits per heavy atom. The second-order valence-corrected chi connectivity index (χ2v) is 6.84. The molecule has 0 aliphatic carbocycles. The predicted octanol–water partition coefficient (Wildman–Crippen LogP) is 1.91. The Labute approximate surface area is 180 Å². The first-order valence-electron chi connectivity index (χ1n) is 9.74. The summed E-state index contributed by atoms with van der Waals surface area (Å²) in [5.41, 5.74) is 7.96. The Hall–Kier alpha value is -1.35. The molecule has 1 fully saturated rings. The second kappa shape index (κ2) is 12.9. The predicted molar refractivity (Wildman–Crippen MR) is 123 cm³/mol. The molecule has 1 aromatic rings. The van der Waals surface area contributed by atoms with Crippen LogP contribution in [0.15, 0.2) is 29.3 Å². The lowest BCUT2D eigenvalue weighted by Crippen LogP contribution is -2.49. The number of nitrogens with one attached hydrogen (secondary N) is 2. The van der Waals surface area contributed by atoms with E-state index in [4.69, 9.17) is 10.7 Å². The maximum atomic E-state index is 11.0. The number of aryl methyl sites for hydroxylation is 1. The molecule has 1 amide bonds. The molecular weight excluding hydrogens is 453 g/mol. The number of carbonyl (C=O) groups excluding carboxylic acids is 1. The van der Waals surface area contributed by atoms with Gasteiger partial charge in [0.25, 0.3) is 0 Å². The van der Waals surface area contributed by atoms with E-state index in [1.54, 1.807) is 0 Å². The van der Waals surface area contributed by atoms with Crippen LogP contribution in [0.4, 0.5) is 0 Å². The molecule has 0 unspecified atom stereocenters. The summed E-state index contributed by atoms with van der Waals surface area (Å²) >= 11 is 0. The third-order valence-corrected chi connectivity index (χ3v) is 4.75. The summed E-state index contributed by atoms with van der Waals surface area (Å²) in [7, 11) is 0. The van der Waals surface area contributed by atoms with Crippen molar-refractivity contribution in [2.75, 3.05) is 32.7 Å². The van der Waals surface area contributed by atoms with Gasteiger partial charge in [-0.3, -0.25) is 14.7 Å². The van der Waals surface area contributed by atoms with Gasteiger partial charge in [-0.15, -0.1) is 24.0 Å². The highest BCUT2D eigenvalue weighted by Gasteiger charge is 2.20. The molecule has 0 radical (unpaired) electrons. The molecule has 0 spiro atoms. The number of guanidine groups is 1. The second-order valence-electron chi connectivity index (χ2n) is 6.84. The molecule has 1 aliphatic rings. The van der Waals surface area contributed by atoms with Crippen LogP contribution < -0.4 is 16.4 Å². The van der Waals surface area contributed by atoms with E-state index in [1.807, 2.05) is 0 Å². The SMILES string of the molecule is CCNC(=NCCc1ccc(CC)cc1)NC1CCN(CC(N)=O)CC1.I. The molecule has 1 aromatic carbocycles. The number of carbonyl (C=O) groups is 1. The maximum absolute atomic E-state index is 11.0. The van der Waals surface area contributed by atoms with Crippen molar-refractivity contribution >= 4 is 35.8 Å². The van der Waals surface area contributed by atoms with Gasteiger partial charge in [-0.25, -0.2) is 0 Å². The van der Waals surface area contributed by atoms with Gasteiger partial charge in [-0.1, -0.05) is 31.2 Å². The molecule has 4 N–H and O–H groups in total. The molecule has 0 atom stereocenters. The number of piperidine rings is 1. The topological polar surface area (TPSA) is 82.8 Å². The number of aliphatic imine (C=N–C) groups is 1. The highest BCUT2D eigenvalue weighted by molar-refractivity contribution is 14.0. The zero-order chi connectivity index (χ0) is 18.8. The van der Waals surface area contributed by atoms with Gasteiger partial charge >= 0.3 is 0 Å². The number of benzene rings is 1. The van der Waals surface area contributed by atoms with E-state index in [0.29, 0.717) is 12.6 Å². The van der Waals surface area contributed by atoms with E-state index >= 15 is 0 Å². The lowest BCUT2D eigenvalue weighted by atomic mass is 10.1. The minimum absolute atomic E-state index is 0. The first-order chi connectivity index (χ1) is 12.6. The fraction of sp³-hybridized carbons (Fsp3) is 0.600. The minimum Gasteiger partial charge on any atom is -0.369 e. The summed E-state index contributed by atoms with van der Waals surface area (Å²) < 4.78 is 0. The number of hydrogen-bond acceptors (Lipinski definition) is 3. The van der Waals surface area contributed by atoms with E-state index in [2.05, 4.69) is 53.6 Å². The number of nitrogens with two attached hydrogens (primary N) is 1. The van der Waals surface area contributed by atoms with Gasteiger partial charge < -0.3 is 16.4 Å². The van der Waals surface area contributed by atoms with Crippen molar-refractivity contribution < 1.29 is 4.79 Å². The molecule has 6 nitrogen and oxygen atoms in total. The number of nitrogens with zero attached hydrogens (tertiary/aromatic N) is 2. The van der Waals surface area contributed by atoms with Gasteiger partial charge in [0, 0.05) is 32.2 Å². The van der Waals surface area contributed by atoms with E-state index in [9.17, 15) is 4.79 Å². The Morgan fingerprint density at radius 1 is 1.19 bits per heavy atom. The molecule has 1 aliphatic heterocycles. The lowest BCUT2D eigenvalue weighted by molar-refractivity contribution is -0.119. The van der Waals surface area contributed by atoms with Gasteiger partial charge in [-0.2, -0.15) is 0 Å². The molecule has 0 saturated carbocycles. The van der Waals surface area contributed by atoms with E-state index in [1.165, 1.54) is 11.1 Å². The summed E-state index contributed by atoms with van der Waals surface area (Å²) in [6.45, 7) is 8.01. The summed E-state index contributed by atoms with van der Waals surface area (Å²) in [5, 5.41) is 6.86. The first kappa shape index (κ1) is 23.7. The molecule has 1 heterocycles. The zero-order valence-electron chi connectivity index (χ0n) is 16.5. The summed E-state index contributed by atoms with van der Waals surface area (Å²) in [5.74, 6) is 0.629. The molecule has 7 heteroatoms. The smallest absolute Gasteiger partial charge is 0.231 e. The van der Waals surface area contributed by atoms with Gasteiger partial charge in [-0.05, 0) is 43.7 Å². The number of primary amides is 1. The Bertz CT molecular complexity index is 583. The number of likely N-dealkylation sites (tertiary alicyclic amines) is 1. The molecule has 0 bridgehead atoms. The Kier molecular flexibility index (Phi) is 11.3. The van der Waals surface area contributed by atoms with E-state index in [-0.39, 0.29) is 29.9 Å². The monoisotopic (exact) mass is 487 g/mol. The van der Waals surface area contributed by atoms with Gasteiger partial charge in [0.2, 0.25) is 5.91 Å². The number of hydrogen-bond donors (Lipinski definition) is 3. The third kappa shape index (κ3) is 8.92. The van der Waals surface area contributed by atoms with Crippen molar-refractivity contribution in [2.45, 2.75) is 45.6 Å². The fourth-order valence-electron chi connectivity index (χ4n) is 3.21. The maximum Gasteiger partial charge on any atom is 0.231 e. The van der Waals surface area contributed by atoms with Gasteiger partial charge in [0.1, 0.15) is 0 Å². The zero-order valence-corrected chi connectivity index (χ0v) is 18.9. The number of rotatable bonds is 8. The van der Waals surface area contributed by atoms with Crippen LogP contribution >= 0.6 is 24.0 Å². The molecule has 27 heavy (non-hydrogen) atoms. The summed E-state index contributed by atoms with van der Waals surface area (Å²) in [4.78, 5) is 17.9.